The van der Waals surface area contributed by atoms with Gasteiger partial charge in [0.25, 0.3) is 18.0 Å². The van der Waals surface area contributed by atoms with Crippen molar-refractivity contribution in [3.05, 3.63) is 32.6 Å². The van der Waals surface area contributed by atoms with Gasteiger partial charge in [-0.1, -0.05) is 11.6 Å². The zero-order valence-corrected chi connectivity index (χ0v) is 8.24. The van der Waals surface area contributed by atoms with Gasteiger partial charge < -0.3 is 5.73 Å². The van der Waals surface area contributed by atoms with E-state index in [1.165, 1.54) is 0 Å². The molecule has 0 radical (unpaired) electrons. The molecular formula is C7H4ClF2N3O3. The molecule has 1 heterocycles. The summed E-state index contributed by atoms with van der Waals surface area (Å²) in [4.78, 5) is 23.5. The second-order valence-corrected chi connectivity index (χ2v) is 3.01. The van der Waals surface area contributed by atoms with Crippen LogP contribution in [0.5, 0.6) is 0 Å². The highest BCUT2D eigenvalue weighted by molar-refractivity contribution is 6.33. The van der Waals surface area contributed by atoms with Gasteiger partial charge in [-0.2, -0.15) is 0 Å². The van der Waals surface area contributed by atoms with E-state index in [0.29, 0.717) is 6.07 Å². The molecule has 0 unspecified atom stereocenters. The Labute approximate surface area is 92.2 Å². The number of aromatic nitrogens is 1. The summed E-state index contributed by atoms with van der Waals surface area (Å²) >= 11 is 5.37. The van der Waals surface area contributed by atoms with E-state index in [1.807, 2.05) is 0 Å². The van der Waals surface area contributed by atoms with E-state index in [9.17, 15) is 23.7 Å². The number of nitrogens with two attached hydrogens (primary N) is 1. The largest absolute Gasteiger partial charge is 0.365 e. The van der Waals surface area contributed by atoms with Gasteiger partial charge in [-0.05, 0) is 0 Å². The normalized spacial score (nSPS) is 10.5. The number of amides is 1. The van der Waals surface area contributed by atoms with Gasteiger partial charge in [0.15, 0.2) is 5.56 Å². The summed E-state index contributed by atoms with van der Waals surface area (Å²) in [7, 11) is 0. The predicted molar refractivity (Wildman–Crippen MR) is 49.4 cm³/mol. The molecule has 1 rings (SSSR count). The van der Waals surface area contributed by atoms with Crippen LogP contribution in [0.2, 0.25) is 5.15 Å². The van der Waals surface area contributed by atoms with Crippen LogP contribution in [0.25, 0.3) is 0 Å². The molecule has 1 amide bonds. The van der Waals surface area contributed by atoms with Crippen LogP contribution in [0.1, 0.15) is 22.5 Å². The number of nitro groups is 1. The van der Waals surface area contributed by atoms with Gasteiger partial charge in [0, 0.05) is 6.07 Å². The van der Waals surface area contributed by atoms with E-state index in [1.54, 1.807) is 0 Å². The number of pyridine rings is 1. The summed E-state index contributed by atoms with van der Waals surface area (Å²) < 4.78 is 24.5. The molecule has 0 aliphatic carbocycles. The number of hydrogen-bond acceptors (Lipinski definition) is 4. The first-order valence-corrected chi connectivity index (χ1v) is 4.15. The molecule has 0 fully saturated rings. The first kappa shape index (κ1) is 12.2. The second-order valence-electron chi connectivity index (χ2n) is 2.65. The number of carbonyl (C=O) groups excluding carboxylic acids is 1. The van der Waals surface area contributed by atoms with Gasteiger partial charge in [0.1, 0.15) is 10.8 Å². The van der Waals surface area contributed by atoms with E-state index < -0.39 is 39.4 Å². The van der Waals surface area contributed by atoms with Crippen LogP contribution in [0.4, 0.5) is 14.5 Å². The number of alkyl halides is 2. The van der Waals surface area contributed by atoms with Crippen molar-refractivity contribution in [3.63, 3.8) is 0 Å². The molecule has 86 valence electrons. The topological polar surface area (TPSA) is 99.1 Å². The summed E-state index contributed by atoms with van der Waals surface area (Å²) in [5, 5.41) is 9.81. The Morgan fingerprint density at radius 1 is 1.62 bits per heavy atom. The van der Waals surface area contributed by atoms with Gasteiger partial charge in [0.05, 0.1) is 4.92 Å². The van der Waals surface area contributed by atoms with Gasteiger partial charge in [0.2, 0.25) is 0 Å². The lowest BCUT2D eigenvalue weighted by Crippen LogP contribution is -2.15. The van der Waals surface area contributed by atoms with E-state index >= 15 is 0 Å². The fourth-order valence-corrected chi connectivity index (χ4v) is 1.29. The summed E-state index contributed by atoms with van der Waals surface area (Å²) in [6, 6.07) is 0.469. The number of hydrogen-bond donors (Lipinski definition) is 1. The summed E-state index contributed by atoms with van der Waals surface area (Å²) in [6.45, 7) is 0. The Kier molecular flexibility index (Phi) is 3.33. The number of nitrogens with zero attached hydrogens (tertiary/aromatic N) is 2. The van der Waals surface area contributed by atoms with Crippen LogP contribution in [-0.2, 0) is 0 Å². The Hall–Kier alpha value is -1.83. The zero-order chi connectivity index (χ0) is 12.5. The average molecular weight is 252 g/mol. The van der Waals surface area contributed by atoms with E-state index in [-0.39, 0.29) is 0 Å². The van der Waals surface area contributed by atoms with Crippen molar-refractivity contribution in [1.29, 1.82) is 0 Å². The molecule has 0 saturated carbocycles. The third-order valence-corrected chi connectivity index (χ3v) is 1.91. The number of rotatable bonds is 3. The first-order valence-electron chi connectivity index (χ1n) is 3.77. The molecule has 0 aromatic carbocycles. The molecule has 0 atom stereocenters. The number of primary amides is 1. The fourth-order valence-electron chi connectivity index (χ4n) is 1.00. The van der Waals surface area contributed by atoms with Crippen LogP contribution in [0.3, 0.4) is 0 Å². The predicted octanol–water partition coefficient (Wildman–Crippen LogP) is 1.68. The van der Waals surface area contributed by atoms with Crippen LogP contribution in [-0.4, -0.2) is 15.8 Å². The molecule has 1 aromatic heterocycles. The fraction of sp³-hybridized carbons (Fsp3) is 0.143. The van der Waals surface area contributed by atoms with Crippen LogP contribution < -0.4 is 5.73 Å². The Morgan fingerprint density at radius 2 is 2.19 bits per heavy atom. The molecule has 16 heavy (non-hydrogen) atoms. The van der Waals surface area contributed by atoms with Crippen molar-refractivity contribution in [3.8, 4) is 0 Å². The average Bonchev–Trinajstić information content (AvgIpc) is 2.15. The number of halogens is 3. The molecule has 9 heteroatoms. The molecule has 0 aliphatic heterocycles. The summed E-state index contributed by atoms with van der Waals surface area (Å²) in [6.07, 6.45) is -3.03. The minimum absolute atomic E-state index is 0.469. The minimum atomic E-state index is -3.03. The molecule has 0 aliphatic rings. The first-order chi connectivity index (χ1) is 7.34. The Balaban J connectivity index is 3.52. The Morgan fingerprint density at radius 3 is 2.56 bits per heavy atom. The number of carbonyl (C=O) groups is 1. The highest BCUT2D eigenvalue weighted by Crippen LogP contribution is 2.29. The third kappa shape index (κ3) is 2.22. The molecule has 0 spiro atoms. The third-order valence-electron chi connectivity index (χ3n) is 1.64. The summed E-state index contributed by atoms with van der Waals surface area (Å²) in [5.74, 6) is -1.20. The quantitative estimate of drug-likeness (QED) is 0.502. The van der Waals surface area contributed by atoms with Crippen LogP contribution in [0.15, 0.2) is 6.07 Å². The lowest BCUT2D eigenvalue weighted by atomic mass is 10.2. The molecule has 6 nitrogen and oxygen atoms in total. The van der Waals surface area contributed by atoms with Crippen molar-refractivity contribution >= 4 is 23.2 Å². The highest BCUT2D eigenvalue weighted by atomic mass is 35.5. The monoisotopic (exact) mass is 251 g/mol. The lowest BCUT2D eigenvalue weighted by molar-refractivity contribution is -0.385. The second kappa shape index (κ2) is 4.35. The highest BCUT2D eigenvalue weighted by Gasteiger charge is 2.26. The zero-order valence-electron chi connectivity index (χ0n) is 7.49. The maximum atomic E-state index is 12.3. The van der Waals surface area contributed by atoms with Gasteiger partial charge in [-0.15, -0.1) is 0 Å². The van der Waals surface area contributed by atoms with Crippen LogP contribution >= 0.6 is 11.6 Å². The molecule has 0 saturated heterocycles. The Bertz CT molecular complexity index is 466. The van der Waals surface area contributed by atoms with E-state index in [4.69, 9.17) is 17.3 Å². The standard InChI is InChI=1S/C7H4ClF2N3O3/c8-5-4(7(11)14)3(13(15)16)1-2(12-5)6(9)10/h1,6H,(H2,11,14). The van der Waals surface area contributed by atoms with Crippen molar-refractivity contribution in [2.45, 2.75) is 6.43 Å². The molecule has 0 bridgehead atoms. The van der Waals surface area contributed by atoms with Crippen molar-refractivity contribution in [2.24, 2.45) is 5.73 Å². The van der Waals surface area contributed by atoms with Gasteiger partial charge >= 0.3 is 0 Å². The minimum Gasteiger partial charge on any atom is -0.365 e. The smallest absolute Gasteiger partial charge is 0.287 e. The maximum Gasteiger partial charge on any atom is 0.287 e. The van der Waals surface area contributed by atoms with E-state index in [2.05, 4.69) is 4.98 Å². The summed E-state index contributed by atoms with van der Waals surface area (Å²) in [5.41, 5.74) is 2.37. The van der Waals surface area contributed by atoms with Crippen molar-refractivity contribution in [2.75, 3.05) is 0 Å². The maximum absolute atomic E-state index is 12.3. The van der Waals surface area contributed by atoms with Gasteiger partial charge in [-0.3, -0.25) is 14.9 Å². The lowest BCUT2D eigenvalue weighted by Gasteiger charge is -2.04. The SMILES string of the molecule is NC(=O)c1c([N+](=O)[O-])cc(C(F)F)nc1Cl. The van der Waals surface area contributed by atoms with E-state index in [0.717, 1.165) is 0 Å². The van der Waals surface area contributed by atoms with Crippen molar-refractivity contribution in [1.82, 2.24) is 4.98 Å². The van der Waals surface area contributed by atoms with Gasteiger partial charge in [-0.25, -0.2) is 13.8 Å². The van der Waals surface area contributed by atoms with Crippen molar-refractivity contribution < 1.29 is 18.5 Å². The molecule has 1 aromatic rings. The van der Waals surface area contributed by atoms with Crippen LogP contribution in [0, 0.1) is 10.1 Å². The molecular weight excluding hydrogens is 248 g/mol. The molecule has 2 N–H and O–H groups in total.